The monoisotopic (exact) mass is 268 g/mol. The third-order valence-corrected chi connectivity index (χ3v) is 4.68. The Bertz CT molecular complexity index is 381. The lowest BCUT2D eigenvalue weighted by Gasteiger charge is -2.30. The van der Waals surface area contributed by atoms with E-state index in [4.69, 9.17) is 4.74 Å². The molecule has 3 atom stereocenters. The third-order valence-electron chi connectivity index (χ3n) is 4.68. The zero-order valence-electron chi connectivity index (χ0n) is 11.0. The summed E-state index contributed by atoms with van der Waals surface area (Å²) in [5.74, 6) is -0.876. The molecule has 0 saturated carbocycles. The van der Waals surface area contributed by atoms with E-state index in [1.54, 1.807) is 0 Å². The van der Waals surface area contributed by atoms with Crippen LogP contribution < -0.4 is 0 Å². The predicted octanol–water partition coefficient (Wildman–Crippen LogP) is -0.217. The number of carbonyl (C=O) groups is 2. The first-order valence-electron chi connectivity index (χ1n) is 7.01. The van der Waals surface area contributed by atoms with Crippen molar-refractivity contribution < 1.29 is 19.4 Å². The number of carboxylic acid groups (broad SMARTS) is 1. The lowest BCUT2D eigenvalue weighted by Crippen LogP contribution is -2.47. The summed E-state index contributed by atoms with van der Waals surface area (Å²) in [6, 6.07) is 0.351. The van der Waals surface area contributed by atoms with Gasteiger partial charge in [-0.1, -0.05) is 0 Å². The molecule has 19 heavy (non-hydrogen) atoms. The number of amides is 1. The lowest BCUT2D eigenvalue weighted by molar-refractivity contribution is -0.143. The van der Waals surface area contributed by atoms with Crippen LogP contribution in [0, 0.1) is 5.92 Å². The Balaban J connectivity index is 1.61. The average molecular weight is 268 g/mol. The summed E-state index contributed by atoms with van der Waals surface area (Å²) >= 11 is 0. The summed E-state index contributed by atoms with van der Waals surface area (Å²) in [5.41, 5.74) is 0. The average Bonchev–Trinajstić information content (AvgIpc) is 2.97. The van der Waals surface area contributed by atoms with Crippen molar-refractivity contribution in [3.63, 3.8) is 0 Å². The highest BCUT2D eigenvalue weighted by atomic mass is 16.5. The Morgan fingerprint density at radius 3 is 2.58 bits per heavy atom. The Kier molecular flexibility index (Phi) is 3.45. The molecule has 0 aromatic carbocycles. The molecule has 3 rings (SSSR count). The fraction of sp³-hybridized carbons (Fsp3) is 0.846. The van der Waals surface area contributed by atoms with Gasteiger partial charge >= 0.3 is 5.97 Å². The highest BCUT2D eigenvalue weighted by molar-refractivity contribution is 5.79. The summed E-state index contributed by atoms with van der Waals surface area (Å²) in [6.07, 6.45) is 2.65. The lowest BCUT2D eigenvalue weighted by atomic mass is 9.89. The van der Waals surface area contributed by atoms with E-state index in [0.717, 1.165) is 12.8 Å². The van der Waals surface area contributed by atoms with Crippen LogP contribution in [0.3, 0.4) is 0 Å². The molecule has 2 bridgehead atoms. The van der Waals surface area contributed by atoms with Crippen molar-refractivity contribution in [2.75, 3.05) is 32.8 Å². The van der Waals surface area contributed by atoms with Gasteiger partial charge < -0.3 is 14.7 Å². The van der Waals surface area contributed by atoms with Gasteiger partial charge in [0, 0.05) is 25.2 Å². The van der Waals surface area contributed by atoms with E-state index in [1.807, 2.05) is 4.90 Å². The Labute approximate surface area is 112 Å². The van der Waals surface area contributed by atoms with Crippen LogP contribution in [0.2, 0.25) is 0 Å². The molecule has 3 aliphatic heterocycles. The maximum Gasteiger partial charge on any atom is 0.308 e. The van der Waals surface area contributed by atoms with Gasteiger partial charge in [0.2, 0.25) is 5.91 Å². The molecular formula is C13H20N2O4. The van der Waals surface area contributed by atoms with Gasteiger partial charge in [0.05, 0.1) is 25.7 Å². The molecule has 6 heteroatoms. The Hall–Kier alpha value is -1.14. The molecule has 3 unspecified atom stereocenters. The van der Waals surface area contributed by atoms with Crippen molar-refractivity contribution in [1.82, 2.24) is 9.80 Å². The maximum atomic E-state index is 12.2. The number of carboxylic acids is 1. The number of fused-ring (bicyclic) bond motifs is 2. The minimum atomic E-state index is -0.712. The minimum absolute atomic E-state index is 0.0625. The van der Waals surface area contributed by atoms with Crippen LogP contribution in [0.4, 0.5) is 0 Å². The molecule has 1 amide bonds. The van der Waals surface area contributed by atoms with Crippen LogP contribution in [0.15, 0.2) is 0 Å². The summed E-state index contributed by atoms with van der Waals surface area (Å²) < 4.78 is 5.24. The Morgan fingerprint density at radius 1 is 1.21 bits per heavy atom. The standard InChI is InChI=1S/C13H20N2O4/c16-12(14-3-5-19-6-4-14)8-15-9-1-2-11(15)10(7-9)13(17)18/h9-11H,1-8H2,(H,17,18). The van der Waals surface area contributed by atoms with E-state index in [2.05, 4.69) is 4.90 Å². The number of hydrogen-bond acceptors (Lipinski definition) is 4. The van der Waals surface area contributed by atoms with Crippen LogP contribution in [0.1, 0.15) is 19.3 Å². The van der Waals surface area contributed by atoms with Gasteiger partial charge in [-0.15, -0.1) is 0 Å². The fourth-order valence-electron chi connectivity index (χ4n) is 3.68. The van der Waals surface area contributed by atoms with E-state index in [0.29, 0.717) is 39.3 Å². The number of ether oxygens (including phenoxy) is 1. The number of carbonyl (C=O) groups excluding carboxylic acids is 1. The van der Waals surface area contributed by atoms with Crippen LogP contribution in [0.25, 0.3) is 0 Å². The SMILES string of the molecule is O=C(O)C1CC2CCC1N2CC(=O)N1CCOCC1. The summed E-state index contributed by atoms with van der Waals surface area (Å²) in [5, 5.41) is 9.20. The second-order valence-electron chi connectivity index (χ2n) is 5.64. The zero-order valence-corrected chi connectivity index (χ0v) is 11.0. The summed E-state index contributed by atoms with van der Waals surface area (Å²) in [6.45, 7) is 2.90. The first-order chi connectivity index (χ1) is 9.16. The topological polar surface area (TPSA) is 70.1 Å². The molecule has 3 fully saturated rings. The van der Waals surface area contributed by atoms with Gasteiger partial charge in [-0.2, -0.15) is 0 Å². The van der Waals surface area contributed by atoms with E-state index in [1.165, 1.54) is 0 Å². The second kappa shape index (κ2) is 5.09. The minimum Gasteiger partial charge on any atom is -0.481 e. The number of hydrogen-bond donors (Lipinski definition) is 1. The van der Waals surface area contributed by atoms with Crippen molar-refractivity contribution in [3.8, 4) is 0 Å². The van der Waals surface area contributed by atoms with E-state index >= 15 is 0 Å². The van der Waals surface area contributed by atoms with E-state index in [9.17, 15) is 14.7 Å². The van der Waals surface area contributed by atoms with E-state index < -0.39 is 5.97 Å². The normalized spacial score (nSPS) is 34.7. The van der Waals surface area contributed by atoms with Crippen LogP contribution in [-0.4, -0.2) is 71.7 Å². The molecule has 6 nitrogen and oxygen atoms in total. The highest BCUT2D eigenvalue weighted by Gasteiger charge is 2.49. The molecule has 0 radical (unpaired) electrons. The molecule has 3 heterocycles. The van der Waals surface area contributed by atoms with Gasteiger partial charge in [-0.3, -0.25) is 14.5 Å². The molecule has 106 valence electrons. The number of rotatable bonds is 3. The molecule has 0 aromatic heterocycles. The summed E-state index contributed by atoms with van der Waals surface area (Å²) in [7, 11) is 0. The number of aliphatic carboxylic acids is 1. The quantitative estimate of drug-likeness (QED) is 0.766. The van der Waals surface area contributed by atoms with Gasteiger partial charge in [0.15, 0.2) is 0 Å². The first kappa shape index (κ1) is 12.9. The molecular weight excluding hydrogens is 248 g/mol. The predicted molar refractivity (Wildman–Crippen MR) is 66.7 cm³/mol. The zero-order chi connectivity index (χ0) is 13.4. The number of nitrogens with zero attached hydrogens (tertiary/aromatic N) is 2. The van der Waals surface area contributed by atoms with Gasteiger partial charge in [-0.05, 0) is 19.3 Å². The van der Waals surface area contributed by atoms with Crippen molar-refractivity contribution in [1.29, 1.82) is 0 Å². The molecule has 1 N–H and O–H groups in total. The van der Waals surface area contributed by atoms with E-state index in [-0.39, 0.29) is 23.9 Å². The second-order valence-corrected chi connectivity index (χ2v) is 5.64. The number of morpholine rings is 1. The fourth-order valence-corrected chi connectivity index (χ4v) is 3.68. The smallest absolute Gasteiger partial charge is 0.308 e. The largest absolute Gasteiger partial charge is 0.481 e. The van der Waals surface area contributed by atoms with Crippen molar-refractivity contribution in [2.45, 2.75) is 31.3 Å². The van der Waals surface area contributed by atoms with Crippen molar-refractivity contribution in [2.24, 2.45) is 5.92 Å². The van der Waals surface area contributed by atoms with Gasteiger partial charge in [0.1, 0.15) is 0 Å². The molecule has 0 aromatic rings. The molecule has 3 aliphatic rings. The maximum absolute atomic E-state index is 12.2. The first-order valence-corrected chi connectivity index (χ1v) is 7.01. The van der Waals surface area contributed by atoms with Gasteiger partial charge in [-0.25, -0.2) is 0 Å². The Morgan fingerprint density at radius 2 is 1.95 bits per heavy atom. The van der Waals surface area contributed by atoms with Crippen LogP contribution in [0.5, 0.6) is 0 Å². The van der Waals surface area contributed by atoms with Crippen LogP contribution in [-0.2, 0) is 14.3 Å². The molecule has 3 saturated heterocycles. The van der Waals surface area contributed by atoms with Gasteiger partial charge in [0.25, 0.3) is 0 Å². The third kappa shape index (κ3) is 2.34. The molecule has 0 spiro atoms. The molecule has 0 aliphatic carbocycles. The van der Waals surface area contributed by atoms with Crippen molar-refractivity contribution in [3.05, 3.63) is 0 Å². The van der Waals surface area contributed by atoms with Crippen LogP contribution >= 0.6 is 0 Å². The highest BCUT2D eigenvalue weighted by Crippen LogP contribution is 2.41. The summed E-state index contributed by atoms with van der Waals surface area (Å²) in [4.78, 5) is 27.4. The van der Waals surface area contributed by atoms with Crippen molar-refractivity contribution >= 4 is 11.9 Å².